The van der Waals surface area contributed by atoms with Crippen LogP contribution in [0.1, 0.15) is 18.4 Å². The molecular formula is C13H10BrN3O4. The third-order valence-corrected chi connectivity index (χ3v) is 3.62. The van der Waals surface area contributed by atoms with Crippen molar-refractivity contribution in [1.82, 2.24) is 10.1 Å². The minimum absolute atomic E-state index is 0.335. The minimum atomic E-state index is -0.335. The lowest BCUT2D eigenvalue weighted by molar-refractivity contribution is 0.0599. The zero-order valence-electron chi connectivity index (χ0n) is 10.8. The van der Waals surface area contributed by atoms with Crippen LogP contribution in [0.25, 0.3) is 11.4 Å². The average Bonchev–Trinajstić information content (AvgIpc) is 3.15. The van der Waals surface area contributed by atoms with Crippen molar-refractivity contribution in [3.05, 3.63) is 24.1 Å². The lowest BCUT2D eigenvalue weighted by Crippen LogP contribution is -2.15. The third kappa shape index (κ3) is 2.35. The molecule has 0 saturated heterocycles. The van der Waals surface area contributed by atoms with Crippen LogP contribution in [0.2, 0.25) is 0 Å². The third-order valence-electron chi connectivity index (χ3n) is 3.15. The van der Waals surface area contributed by atoms with Gasteiger partial charge in [0.1, 0.15) is 17.8 Å². The van der Waals surface area contributed by atoms with Crippen LogP contribution in [0, 0.1) is 0 Å². The largest absolute Gasteiger partial charge is 0.486 e. The van der Waals surface area contributed by atoms with Gasteiger partial charge in [-0.3, -0.25) is 0 Å². The fraction of sp³-hybridized carbons (Fsp3) is 0.308. The van der Waals surface area contributed by atoms with Crippen LogP contribution >= 0.6 is 15.9 Å². The quantitative estimate of drug-likeness (QED) is 0.827. The standard InChI is InChI=1S/C13H10BrN3O4/c14-11-6-10(20-16-11)13-15-12(17-21-13)7-1-2-8-9(5-7)19-4-3-18-8/h1-2,5,10H,3-4,6H2. The van der Waals surface area contributed by atoms with Crippen molar-refractivity contribution in [1.29, 1.82) is 0 Å². The molecule has 1 atom stereocenters. The smallest absolute Gasteiger partial charge is 0.271 e. The Morgan fingerprint density at radius 2 is 2.00 bits per heavy atom. The van der Waals surface area contributed by atoms with E-state index in [1.165, 1.54) is 0 Å². The molecule has 0 bridgehead atoms. The van der Waals surface area contributed by atoms with Crippen LogP contribution in [0.5, 0.6) is 11.5 Å². The van der Waals surface area contributed by atoms with E-state index < -0.39 is 0 Å². The number of hydrogen-bond donors (Lipinski definition) is 0. The summed E-state index contributed by atoms with van der Waals surface area (Å²) in [6, 6.07) is 5.54. The van der Waals surface area contributed by atoms with Crippen molar-refractivity contribution in [3.8, 4) is 22.9 Å². The highest BCUT2D eigenvalue weighted by molar-refractivity contribution is 9.18. The molecule has 0 aliphatic carbocycles. The summed E-state index contributed by atoms with van der Waals surface area (Å²) >= 11 is 3.27. The molecule has 0 amide bonds. The van der Waals surface area contributed by atoms with Crippen molar-refractivity contribution in [3.63, 3.8) is 0 Å². The lowest BCUT2D eigenvalue weighted by atomic mass is 10.2. The van der Waals surface area contributed by atoms with Gasteiger partial charge in [0.15, 0.2) is 11.5 Å². The maximum Gasteiger partial charge on any atom is 0.271 e. The van der Waals surface area contributed by atoms with E-state index in [4.69, 9.17) is 18.8 Å². The Balaban J connectivity index is 1.61. The van der Waals surface area contributed by atoms with E-state index in [1.807, 2.05) is 18.2 Å². The predicted molar refractivity (Wildman–Crippen MR) is 75.5 cm³/mol. The molecule has 2 aliphatic heterocycles. The Bertz CT molecular complexity index is 715. The topological polar surface area (TPSA) is 79.0 Å². The molecule has 8 heteroatoms. The van der Waals surface area contributed by atoms with Gasteiger partial charge in [-0.1, -0.05) is 10.3 Å². The predicted octanol–water partition coefficient (Wildman–Crippen LogP) is 2.68. The molecule has 2 aromatic rings. The second kappa shape index (κ2) is 5.03. The maximum atomic E-state index is 5.55. The number of ether oxygens (including phenoxy) is 2. The number of fused-ring (bicyclic) bond motifs is 1. The van der Waals surface area contributed by atoms with E-state index in [2.05, 4.69) is 31.2 Å². The van der Waals surface area contributed by atoms with Gasteiger partial charge < -0.3 is 18.8 Å². The summed E-state index contributed by atoms with van der Waals surface area (Å²) in [7, 11) is 0. The Morgan fingerprint density at radius 1 is 1.14 bits per heavy atom. The van der Waals surface area contributed by atoms with E-state index in [0.717, 1.165) is 15.9 Å². The van der Waals surface area contributed by atoms with E-state index in [-0.39, 0.29) is 6.10 Å². The van der Waals surface area contributed by atoms with Gasteiger partial charge in [0.05, 0.1) is 0 Å². The van der Waals surface area contributed by atoms with E-state index in [9.17, 15) is 0 Å². The summed E-state index contributed by atoms with van der Waals surface area (Å²) in [6.45, 7) is 1.10. The van der Waals surface area contributed by atoms with Crippen LogP contribution in [0.3, 0.4) is 0 Å². The second-order valence-electron chi connectivity index (χ2n) is 4.58. The number of rotatable bonds is 2. The summed E-state index contributed by atoms with van der Waals surface area (Å²) in [5, 5.41) is 7.78. The summed E-state index contributed by atoms with van der Waals surface area (Å²) in [5.74, 6) is 2.30. The fourth-order valence-corrected chi connectivity index (χ4v) is 2.52. The molecule has 3 heterocycles. The summed E-state index contributed by atoms with van der Waals surface area (Å²) in [5.41, 5.74) is 0.798. The first-order chi connectivity index (χ1) is 10.3. The highest BCUT2D eigenvalue weighted by Gasteiger charge is 2.27. The first-order valence-electron chi connectivity index (χ1n) is 6.41. The summed E-state index contributed by atoms with van der Waals surface area (Å²) < 4.78 is 17.0. The number of hydrogen-bond acceptors (Lipinski definition) is 7. The molecule has 108 valence electrons. The fourth-order valence-electron chi connectivity index (χ4n) is 2.15. The first-order valence-corrected chi connectivity index (χ1v) is 7.21. The van der Waals surface area contributed by atoms with Gasteiger partial charge in [-0.15, -0.1) is 0 Å². The molecule has 21 heavy (non-hydrogen) atoms. The molecule has 1 unspecified atom stereocenters. The van der Waals surface area contributed by atoms with E-state index >= 15 is 0 Å². The van der Waals surface area contributed by atoms with Crippen LogP contribution in [-0.2, 0) is 4.84 Å². The summed E-state index contributed by atoms with van der Waals surface area (Å²) in [4.78, 5) is 9.54. The average molecular weight is 352 g/mol. The number of benzene rings is 1. The Kier molecular flexibility index (Phi) is 3.03. The molecule has 0 fully saturated rings. The van der Waals surface area contributed by atoms with Gasteiger partial charge >= 0.3 is 0 Å². The molecule has 0 saturated carbocycles. The highest BCUT2D eigenvalue weighted by Crippen LogP contribution is 2.34. The van der Waals surface area contributed by atoms with Gasteiger partial charge in [0.2, 0.25) is 11.9 Å². The summed E-state index contributed by atoms with van der Waals surface area (Å²) in [6.07, 6.45) is 0.251. The molecule has 0 N–H and O–H groups in total. The molecule has 2 aliphatic rings. The van der Waals surface area contributed by atoms with Crippen LogP contribution in [0.15, 0.2) is 27.9 Å². The zero-order chi connectivity index (χ0) is 14.2. The SMILES string of the molecule is BrC1=NOC(c2nc(-c3ccc4c(c3)OCCO4)no2)C1. The van der Waals surface area contributed by atoms with Crippen molar-refractivity contribution in [2.75, 3.05) is 13.2 Å². The number of aromatic nitrogens is 2. The molecule has 7 nitrogen and oxygen atoms in total. The van der Waals surface area contributed by atoms with Crippen LogP contribution in [-0.4, -0.2) is 28.0 Å². The zero-order valence-corrected chi connectivity index (χ0v) is 12.4. The van der Waals surface area contributed by atoms with E-state index in [1.54, 1.807) is 0 Å². The number of oxime groups is 1. The van der Waals surface area contributed by atoms with Crippen molar-refractivity contribution in [2.45, 2.75) is 12.5 Å². The molecule has 1 aromatic carbocycles. The van der Waals surface area contributed by atoms with Gasteiger partial charge in [-0.2, -0.15) is 4.98 Å². The molecule has 1 aromatic heterocycles. The van der Waals surface area contributed by atoms with Gasteiger partial charge in [0.25, 0.3) is 5.89 Å². The Hall–Kier alpha value is -2.09. The first kappa shape index (κ1) is 12.6. The van der Waals surface area contributed by atoms with Crippen LogP contribution in [0.4, 0.5) is 0 Å². The Morgan fingerprint density at radius 3 is 2.81 bits per heavy atom. The number of halogens is 1. The normalized spacial score (nSPS) is 20.0. The van der Waals surface area contributed by atoms with Crippen molar-refractivity contribution in [2.24, 2.45) is 5.16 Å². The molecular weight excluding hydrogens is 342 g/mol. The molecule has 4 rings (SSSR count). The number of nitrogens with zero attached hydrogens (tertiary/aromatic N) is 3. The second-order valence-corrected chi connectivity index (χ2v) is 5.50. The molecule has 0 spiro atoms. The lowest BCUT2D eigenvalue weighted by Gasteiger charge is -2.18. The molecule has 0 radical (unpaired) electrons. The monoisotopic (exact) mass is 351 g/mol. The van der Waals surface area contributed by atoms with Crippen molar-refractivity contribution < 1.29 is 18.8 Å². The minimum Gasteiger partial charge on any atom is -0.486 e. The van der Waals surface area contributed by atoms with Gasteiger partial charge in [-0.05, 0) is 34.1 Å². The van der Waals surface area contributed by atoms with Gasteiger partial charge in [0, 0.05) is 12.0 Å². The van der Waals surface area contributed by atoms with Crippen molar-refractivity contribution >= 4 is 20.6 Å². The van der Waals surface area contributed by atoms with E-state index in [0.29, 0.717) is 37.1 Å². The Labute approximate surface area is 128 Å². The van der Waals surface area contributed by atoms with Crippen LogP contribution < -0.4 is 9.47 Å². The van der Waals surface area contributed by atoms with Gasteiger partial charge in [-0.25, -0.2) is 0 Å². The highest BCUT2D eigenvalue weighted by atomic mass is 79.9. The maximum absolute atomic E-state index is 5.55.